The number of benzene rings is 3. The zero-order chi connectivity index (χ0) is 23.6. The number of nitrogens with zero attached hydrogens (tertiary/aromatic N) is 1. The van der Waals surface area contributed by atoms with Crippen LogP contribution < -0.4 is 20.8 Å². The molecule has 0 saturated carbocycles. The first kappa shape index (κ1) is 23.5. The summed E-state index contributed by atoms with van der Waals surface area (Å²) in [6, 6.07) is 20.0. The van der Waals surface area contributed by atoms with E-state index in [1.165, 1.54) is 18.3 Å². The maximum atomic E-state index is 12.7. The molecule has 33 heavy (non-hydrogen) atoms. The molecule has 3 aromatic rings. The Hall–Kier alpha value is -4.17. The molecule has 3 N–H and O–H groups in total. The highest BCUT2D eigenvalue weighted by Gasteiger charge is 2.17. The molecular formula is C24H21ClN4O4. The topological polar surface area (TPSA) is 109 Å². The van der Waals surface area contributed by atoms with Crippen LogP contribution in [0.2, 0.25) is 5.02 Å². The summed E-state index contributed by atoms with van der Waals surface area (Å²) in [6.07, 6.45) is 1.36. The van der Waals surface area contributed by atoms with Crippen LogP contribution in [-0.4, -0.2) is 30.5 Å². The summed E-state index contributed by atoms with van der Waals surface area (Å²) >= 11 is 5.89. The summed E-state index contributed by atoms with van der Waals surface area (Å²) in [6.45, 7) is 2.42. The highest BCUT2D eigenvalue weighted by molar-refractivity contribution is 6.40. The molecule has 0 aromatic heterocycles. The molecule has 0 fully saturated rings. The van der Waals surface area contributed by atoms with Crippen molar-refractivity contribution in [2.75, 3.05) is 17.2 Å². The molecule has 3 amide bonds. The van der Waals surface area contributed by atoms with Gasteiger partial charge in [0.1, 0.15) is 5.75 Å². The Morgan fingerprint density at radius 3 is 2.42 bits per heavy atom. The third-order valence-corrected chi connectivity index (χ3v) is 4.51. The third-order valence-electron chi connectivity index (χ3n) is 4.28. The summed E-state index contributed by atoms with van der Waals surface area (Å²) in [4.78, 5) is 37.1. The maximum absolute atomic E-state index is 12.7. The van der Waals surface area contributed by atoms with Crippen molar-refractivity contribution in [2.24, 2.45) is 5.10 Å². The van der Waals surface area contributed by atoms with Gasteiger partial charge in [0.2, 0.25) is 0 Å². The molecular weight excluding hydrogens is 444 g/mol. The van der Waals surface area contributed by atoms with Crippen LogP contribution >= 0.6 is 11.6 Å². The normalized spacial score (nSPS) is 10.5. The van der Waals surface area contributed by atoms with Crippen molar-refractivity contribution in [3.8, 4) is 5.75 Å². The number of para-hydroxylation sites is 1. The fraction of sp³-hybridized carbons (Fsp3) is 0.0833. The zero-order valence-electron chi connectivity index (χ0n) is 17.7. The molecule has 0 bridgehead atoms. The predicted molar refractivity (Wildman–Crippen MR) is 128 cm³/mol. The van der Waals surface area contributed by atoms with Crippen molar-refractivity contribution in [1.29, 1.82) is 0 Å². The Balaban J connectivity index is 1.62. The summed E-state index contributed by atoms with van der Waals surface area (Å²) in [5, 5.41) is 9.44. The Labute approximate surface area is 195 Å². The zero-order valence-corrected chi connectivity index (χ0v) is 18.4. The minimum Gasteiger partial charge on any atom is -0.494 e. The standard InChI is InChI=1S/C24H21ClN4O4/c1-2-33-19-12-10-18(11-13-19)27-22(30)20-8-3-4-9-21(20)28-23(31)24(32)29-26-15-16-6-5-7-17(25)14-16/h3-15H,2H2,1H3,(H,27,30)(H,28,31)(H,29,32)/b26-15-. The molecule has 0 aliphatic heterocycles. The van der Waals surface area contributed by atoms with Crippen molar-refractivity contribution in [3.05, 3.63) is 88.9 Å². The van der Waals surface area contributed by atoms with E-state index in [1.54, 1.807) is 60.7 Å². The number of nitrogens with one attached hydrogen (secondary N) is 3. The van der Waals surface area contributed by atoms with Gasteiger partial charge >= 0.3 is 11.8 Å². The lowest BCUT2D eigenvalue weighted by molar-refractivity contribution is -0.136. The molecule has 8 nitrogen and oxygen atoms in total. The van der Waals surface area contributed by atoms with Gasteiger partial charge < -0.3 is 15.4 Å². The lowest BCUT2D eigenvalue weighted by Gasteiger charge is -2.11. The number of carbonyl (C=O) groups excluding carboxylic acids is 3. The van der Waals surface area contributed by atoms with Gasteiger partial charge in [-0.2, -0.15) is 5.10 Å². The first-order chi connectivity index (χ1) is 16.0. The molecule has 0 aliphatic carbocycles. The van der Waals surface area contributed by atoms with Crippen LogP contribution in [0.3, 0.4) is 0 Å². The first-order valence-corrected chi connectivity index (χ1v) is 10.4. The smallest absolute Gasteiger partial charge is 0.329 e. The number of anilines is 2. The number of halogens is 1. The lowest BCUT2D eigenvalue weighted by atomic mass is 10.1. The monoisotopic (exact) mass is 464 g/mol. The van der Waals surface area contributed by atoms with Crippen molar-refractivity contribution < 1.29 is 19.1 Å². The van der Waals surface area contributed by atoms with E-state index in [0.29, 0.717) is 28.6 Å². The Bertz CT molecular complexity index is 1180. The number of amides is 3. The van der Waals surface area contributed by atoms with Crippen LogP contribution in [0.25, 0.3) is 0 Å². The first-order valence-electron chi connectivity index (χ1n) is 9.99. The predicted octanol–water partition coefficient (Wildman–Crippen LogP) is 4.08. The molecule has 0 heterocycles. The highest BCUT2D eigenvalue weighted by atomic mass is 35.5. The average molecular weight is 465 g/mol. The molecule has 0 radical (unpaired) electrons. The van der Waals surface area contributed by atoms with Gasteiger partial charge in [-0.1, -0.05) is 35.9 Å². The number of rotatable bonds is 7. The quantitative estimate of drug-likeness (QED) is 0.278. The molecule has 3 rings (SSSR count). The molecule has 168 valence electrons. The number of ether oxygens (including phenoxy) is 1. The van der Waals surface area contributed by atoms with Gasteiger partial charge in [-0.3, -0.25) is 14.4 Å². The van der Waals surface area contributed by atoms with E-state index in [2.05, 4.69) is 21.2 Å². The second kappa shape index (κ2) is 11.4. The van der Waals surface area contributed by atoms with E-state index in [0.717, 1.165) is 0 Å². The summed E-state index contributed by atoms with van der Waals surface area (Å²) in [5.74, 6) is -1.73. The fourth-order valence-corrected chi connectivity index (χ4v) is 2.97. The fourth-order valence-electron chi connectivity index (χ4n) is 2.77. The summed E-state index contributed by atoms with van der Waals surface area (Å²) in [7, 11) is 0. The van der Waals surface area contributed by atoms with Gasteiger partial charge in [0.15, 0.2) is 0 Å². The summed E-state index contributed by atoms with van der Waals surface area (Å²) < 4.78 is 5.38. The second-order valence-corrected chi connectivity index (χ2v) is 7.10. The third kappa shape index (κ3) is 6.91. The van der Waals surface area contributed by atoms with E-state index >= 15 is 0 Å². The van der Waals surface area contributed by atoms with Crippen LogP contribution in [0, 0.1) is 0 Å². The lowest BCUT2D eigenvalue weighted by Crippen LogP contribution is -2.33. The molecule has 9 heteroatoms. The molecule has 0 aliphatic rings. The van der Waals surface area contributed by atoms with E-state index in [1.807, 2.05) is 6.92 Å². The number of hydrazone groups is 1. The molecule has 0 unspecified atom stereocenters. The van der Waals surface area contributed by atoms with Gasteiger partial charge in [-0.25, -0.2) is 5.43 Å². The van der Waals surface area contributed by atoms with Crippen molar-refractivity contribution in [2.45, 2.75) is 6.92 Å². The Kier molecular flexibility index (Phi) is 8.15. The van der Waals surface area contributed by atoms with Crippen molar-refractivity contribution in [1.82, 2.24) is 5.43 Å². The number of hydrogen-bond acceptors (Lipinski definition) is 5. The van der Waals surface area contributed by atoms with Crippen LogP contribution in [0.15, 0.2) is 77.9 Å². The highest BCUT2D eigenvalue weighted by Crippen LogP contribution is 2.19. The van der Waals surface area contributed by atoms with E-state index in [4.69, 9.17) is 16.3 Å². The molecule has 0 atom stereocenters. The summed E-state index contributed by atoms with van der Waals surface area (Å²) in [5.41, 5.74) is 3.71. The van der Waals surface area contributed by atoms with E-state index < -0.39 is 17.7 Å². The minimum absolute atomic E-state index is 0.180. The minimum atomic E-state index is -0.991. The second-order valence-electron chi connectivity index (χ2n) is 6.67. The Morgan fingerprint density at radius 1 is 0.939 bits per heavy atom. The van der Waals surface area contributed by atoms with E-state index in [9.17, 15) is 14.4 Å². The van der Waals surface area contributed by atoms with Crippen LogP contribution in [0.4, 0.5) is 11.4 Å². The van der Waals surface area contributed by atoms with Crippen LogP contribution in [-0.2, 0) is 9.59 Å². The van der Waals surface area contributed by atoms with Crippen LogP contribution in [0.1, 0.15) is 22.8 Å². The molecule has 0 spiro atoms. The van der Waals surface area contributed by atoms with Gasteiger partial charge in [0.05, 0.1) is 24.1 Å². The van der Waals surface area contributed by atoms with Crippen molar-refractivity contribution in [3.63, 3.8) is 0 Å². The van der Waals surface area contributed by atoms with Crippen molar-refractivity contribution >= 4 is 46.9 Å². The molecule has 0 saturated heterocycles. The van der Waals surface area contributed by atoms with Crippen LogP contribution in [0.5, 0.6) is 5.75 Å². The largest absolute Gasteiger partial charge is 0.494 e. The number of carbonyl (C=O) groups is 3. The average Bonchev–Trinajstić information content (AvgIpc) is 2.81. The maximum Gasteiger partial charge on any atom is 0.329 e. The Morgan fingerprint density at radius 2 is 1.70 bits per heavy atom. The number of hydrogen-bond donors (Lipinski definition) is 3. The SMILES string of the molecule is CCOc1ccc(NC(=O)c2ccccc2NC(=O)C(=O)N/N=C\c2cccc(Cl)c2)cc1. The molecule has 3 aromatic carbocycles. The van der Waals surface area contributed by atoms with Gasteiger partial charge in [-0.05, 0) is 61.0 Å². The van der Waals surface area contributed by atoms with E-state index in [-0.39, 0.29) is 11.3 Å². The van der Waals surface area contributed by atoms with Gasteiger partial charge in [-0.15, -0.1) is 0 Å². The van der Waals surface area contributed by atoms with Gasteiger partial charge in [0, 0.05) is 10.7 Å². The van der Waals surface area contributed by atoms with Gasteiger partial charge in [0.25, 0.3) is 5.91 Å².